The van der Waals surface area contributed by atoms with Crippen LogP contribution in [0.3, 0.4) is 0 Å². The molecule has 0 aliphatic heterocycles. The highest BCUT2D eigenvalue weighted by atomic mass is 79.9. The van der Waals surface area contributed by atoms with Gasteiger partial charge >= 0.3 is 0 Å². The molecule has 0 radical (unpaired) electrons. The number of para-hydroxylation sites is 1. The lowest BCUT2D eigenvalue weighted by Gasteiger charge is -2.15. The third-order valence-corrected chi connectivity index (χ3v) is 4.36. The normalized spacial score (nSPS) is 11.9. The van der Waals surface area contributed by atoms with Gasteiger partial charge in [0.15, 0.2) is 0 Å². The Morgan fingerprint density at radius 1 is 1.04 bits per heavy atom. The van der Waals surface area contributed by atoms with Crippen molar-refractivity contribution in [2.75, 3.05) is 0 Å². The van der Waals surface area contributed by atoms with Crippen molar-refractivity contribution in [2.24, 2.45) is 5.73 Å². The van der Waals surface area contributed by atoms with Crippen molar-refractivity contribution in [1.82, 2.24) is 10.3 Å². The molecule has 3 rings (SSSR count). The van der Waals surface area contributed by atoms with Gasteiger partial charge in [-0.2, -0.15) is 0 Å². The molecule has 0 bridgehead atoms. The number of hydrogen-bond acceptors (Lipinski definition) is 3. The maximum absolute atomic E-state index is 12.5. The van der Waals surface area contributed by atoms with E-state index in [1.54, 1.807) is 6.07 Å². The first-order valence-corrected chi connectivity index (χ1v) is 8.52. The molecule has 126 valence electrons. The van der Waals surface area contributed by atoms with E-state index in [0.29, 0.717) is 6.42 Å². The average Bonchev–Trinajstić information content (AvgIpc) is 2.62. The maximum atomic E-state index is 12.5. The molecular weight excluding hydrogens is 382 g/mol. The lowest BCUT2D eigenvalue weighted by molar-refractivity contribution is -0.119. The van der Waals surface area contributed by atoms with Gasteiger partial charge in [0.25, 0.3) is 5.91 Å². The first-order valence-electron chi connectivity index (χ1n) is 7.73. The summed E-state index contributed by atoms with van der Waals surface area (Å²) in [5.74, 6) is -1.01. The van der Waals surface area contributed by atoms with Gasteiger partial charge in [-0.05, 0) is 29.8 Å². The van der Waals surface area contributed by atoms with Gasteiger partial charge in [-0.25, -0.2) is 4.98 Å². The number of hydrogen-bond donors (Lipinski definition) is 2. The summed E-state index contributed by atoms with van der Waals surface area (Å²) in [5, 5.41) is 3.62. The van der Waals surface area contributed by atoms with Gasteiger partial charge in [-0.3, -0.25) is 9.59 Å². The first kappa shape index (κ1) is 17.1. The zero-order valence-corrected chi connectivity index (χ0v) is 14.9. The highest BCUT2D eigenvalue weighted by Crippen LogP contribution is 2.14. The van der Waals surface area contributed by atoms with Crippen molar-refractivity contribution in [1.29, 1.82) is 0 Å². The van der Waals surface area contributed by atoms with E-state index in [9.17, 15) is 9.59 Å². The van der Waals surface area contributed by atoms with Crippen LogP contribution >= 0.6 is 15.9 Å². The maximum Gasteiger partial charge on any atom is 0.270 e. The Balaban J connectivity index is 1.77. The van der Waals surface area contributed by atoms with E-state index in [1.165, 1.54) is 0 Å². The van der Waals surface area contributed by atoms with Crippen molar-refractivity contribution in [3.05, 3.63) is 76.4 Å². The van der Waals surface area contributed by atoms with E-state index in [0.717, 1.165) is 20.9 Å². The molecule has 2 amide bonds. The van der Waals surface area contributed by atoms with Gasteiger partial charge in [0.2, 0.25) is 5.91 Å². The summed E-state index contributed by atoms with van der Waals surface area (Å²) < 4.78 is 0.941. The van der Waals surface area contributed by atoms with Gasteiger partial charge in [0, 0.05) is 16.3 Å². The Hall–Kier alpha value is -2.73. The Morgan fingerprint density at radius 2 is 1.76 bits per heavy atom. The van der Waals surface area contributed by atoms with Crippen LogP contribution in [0.5, 0.6) is 0 Å². The molecule has 2 aromatic carbocycles. The molecule has 3 N–H and O–H groups in total. The van der Waals surface area contributed by atoms with Gasteiger partial charge in [0.1, 0.15) is 11.7 Å². The van der Waals surface area contributed by atoms with Crippen LogP contribution in [0.2, 0.25) is 0 Å². The molecule has 0 saturated carbocycles. The molecule has 0 unspecified atom stereocenters. The molecule has 1 heterocycles. The number of fused-ring (bicyclic) bond motifs is 1. The topological polar surface area (TPSA) is 85.1 Å². The minimum absolute atomic E-state index is 0.251. The Morgan fingerprint density at radius 3 is 2.48 bits per heavy atom. The number of nitrogens with two attached hydrogens (primary N) is 1. The van der Waals surface area contributed by atoms with Gasteiger partial charge in [0.05, 0.1) is 5.52 Å². The number of rotatable bonds is 5. The molecule has 0 fully saturated rings. The molecule has 0 aliphatic rings. The summed E-state index contributed by atoms with van der Waals surface area (Å²) in [4.78, 5) is 28.5. The van der Waals surface area contributed by atoms with Crippen molar-refractivity contribution in [2.45, 2.75) is 12.5 Å². The molecule has 6 heteroatoms. The van der Waals surface area contributed by atoms with Crippen LogP contribution in [-0.4, -0.2) is 22.8 Å². The number of benzene rings is 2. The zero-order chi connectivity index (χ0) is 17.8. The number of carbonyl (C=O) groups excluding carboxylic acids is 2. The van der Waals surface area contributed by atoms with Crippen LogP contribution in [0.1, 0.15) is 16.1 Å². The summed E-state index contributed by atoms with van der Waals surface area (Å²) in [7, 11) is 0. The lowest BCUT2D eigenvalue weighted by atomic mass is 10.1. The van der Waals surface area contributed by atoms with Crippen molar-refractivity contribution >= 4 is 38.6 Å². The van der Waals surface area contributed by atoms with E-state index >= 15 is 0 Å². The van der Waals surface area contributed by atoms with E-state index in [-0.39, 0.29) is 5.69 Å². The summed E-state index contributed by atoms with van der Waals surface area (Å²) in [5.41, 5.74) is 7.32. The number of aromatic nitrogens is 1. The Kier molecular flexibility index (Phi) is 5.09. The number of primary amides is 1. The van der Waals surface area contributed by atoms with Crippen molar-refractivity contribution in [3.63, 3.8) is 0 Å². The Bertz CT molecular complexity index is 925. The summed E-state index contributed by atoms with van der Waals surface area (Å²) in [6, 6.07) is 17.7. The molecule has 1 atom stereocenters. The second kappa shape index (κ2) is 7.44. The van der Waals surface area contributed by atoms with E-state index < -0.39 is 17.9 Å². The smallest absolute Gasteiger partial charge is 0.270 e. The van der Waals surface area contributed by atoms with Crippen LogP contribution < -0.4 is 11.1 Å². The fourth-order valence-corrected chi connectivity index (χ4v) is 2.77. The summed E-state index contributed by atoms with van der Waals surface area (Å²) in [6.07, 6.45) is 0.321. The first-order chi connectivity index (χ1) is 12.0. The number of nitrogens with zero attached hydrogens (tertiary/aromatic N) is 1. The standard InChI is InChI=1S/C19H16BrN3O2/c20-14-8-5-12(6-9-14)11-17(18(21)24)23-19(25)16-10-7-13-3-1-2-4-15(13)22-16/h1-10,17H,11H2,(H2,21,24)(H,23,25)/t17-/m0/s1. The average molecular weight is 398 g/mol. The molecule has 0 saturated heterocycles. The van der Waals surface area contributed by atoms with E-state index in [4.69, 9.17) is 5.73 Å². The quantitative estimate of drug-likeness (QED) is 0.693. The largest absolute Gasteiger partial charge is 0.368 e. The number of nitrogens with one attached hydrogen (secondary N) is 1. The number of halogens is 1. The predicted molar refractivity (Wildman–Crippen MR) is 100 cm³/mol. The number of amides is 2. The summed E-state index contributed by atoms with van der Waals surface area (Å²) in [6.45, 7) is 0. The fraction of sp³-hybridized carbons (Fsp3) is 0.105. The van der Waals surface area contributed by atoms with Crippen LogP contribution in [0, 0.1) is 0 Å². The number of pyridine rings is 1. The van der Waals surface area contributed by atoms with Gasteiger partial charge in [-0.1, -0.05) is 52.3 Å². The van der Waals surface area contributed by atoms with Crippen LogP contribution in [0.4, 0.5) is 0 Å². The van der Waals surface area contributed by atoms with Crippen molar-refractivity contribution in [3.8, 4) is 0 Å². The lowest BCUT2D eigenvalue weighted by Crippen LogP contribution is -2.46. The molecule has 5 nitrogen and oxygen atoms in total. The van der Waals surface area contributed by atoms with Gasteiger partial charge in [-0.15, -0.1) is 0 Å². The second-order valence-corrected chi connectivity index (χ2v) is 6.56. The predicted octanol–water partition coefficient (Wildman–Crippen LogP) is 2.82. The molecular formula is C19H16BrN3O2. The molecule has 0 spiro atoms. The van der Waals surface area contributed by atoms with Crippen LogP contribution in [-0.2, 0) is 11.2 Å². The SMILES string of the molecule is NC(=O)[C@H](Cc1ccc(Br)cc1)NC(=O)c1ccc2ccccc2n1. The fourth-order valence-electron chi connectivity index (χ4n) is 2.50. The highest BCUT2D eigenvalue weighted by Gasteiger charge is 2.20. The minimum atomic E-state index is -0.804. The third kappa shape index (κ3) is 4.22. The number of carbonyl (C=O) groups is 2. The molecule has 25 heavy (non-hydrogen) atoms. The van der Waals surface area contributed by atoms with Crippen LogP contribution in [0.15, 0.2) is 65.1 Å². The van der Waals surface area contributed by atoms with Crippen LogP contribution in [0.25, 0.3) is 10.9 Å². The van der Waals surface area contributed by atoms with E-state index in [1.807, 2.05) is 54.6 Å². The van der Waals surface area contributed by atoms with Gasteiger partial charge < -0.3 is 11.1 Å². The summed E-state index contributed by atoms with van der Waals surface area (Å²) >= 11 is 3.36. The Labute approximate surface area is 153 Å². The highest BCUT2D eigenvalue weighted by molar-refractivity contribution is 9.10. The molecule has 3 aromatic rings. The molecule has 1 aromatic heterocycles. The molecule has 0 aliphatic carbocycles. The second-order valence-electron chi connectivity index (χ2n) is 5.65. The minimum Gasteiger partial charge on any atom is -0.368 e. The van der Waals surface area contributed by atoms with E-state index in [2.05, 4.69) is 26.2 Å². The monoisotopic (exact) mass is 397 g/mol. The third-order valence-electron chi connectivity index (χ3n) is 3.83. The zero-order valence-electron chi connectivity index (χ0n) is 13.3. The van der Waals surface area contributed by atoms with Crippen molar-refractivity contribution < 1.29 is 9.59 Å².